The van der Waals surface area contributed by atoms with Gasteiger partial charge in [-0.1, -0.05) is 18.2 Å². The number of carbonyl (C=O) groups is 1. The first-order chi connectivity index (χ1) is 14.3. The lowest BCUT2D eigenvalue weighted by Gasteiger charge is -2.24. The number of benzene rings is 2. The number of nitrogens with zero attached hydrogens (tertiary/aromatic N) is 1. The fourth-order valence-electron chi connectivity index (χ4n) is 3.75. The van der Waals surface area contributed by atoms with Crippen molar-refractivity contribution in [2.45, 2.75) is 28.9 Å². The lowest BCUT2D eigenvalue weighted by molar-refractivity contribution is -0.137. The number of aliphatic carboxylic acids is 1. The number of hydrogen-bond donors (Lipinski definition) is 2. The molecule has 4 rings (SSSR count). The SMILES string of the molecule is O=C(O)Cn1c2c(c3ccccc31)C[C@H](NCS(=O)(=O)c1ccc(F)cc1)CS2=O. The maximum atomic E-state index is 13.1. The van der Waals surface area contributed by atoms with Crippen LogP contribution in [0.25, 0.3) is 10.9 Å². The fraction of sp³-hybridized carbons (Fsp3) is 0.250. The summed E-state index contributed by atoms with van der Waals surface area (Å²) in [7, 11) is -5.17. The summed E-state index contributed by atoms with van der Waals surface area (Å²) in [6.07, 6.45) is 0.424. The molecule has 7 nitrogen and oxygen atoms in total. The van der Waals surface area contributed by atoms with E-state index in [0.717, 1.165) is 23.1 Å². The lowest BCUT2D eigenvalue weighted by atomic mass is 10.1. The maximum Gasteiger partial charge on any atom is 0.323 e. The van der Waals surface area contributed by atoms with E-state index in [9.17, 15) is 26.9 Å². The number of aromatic nitrogens is 1. The van der Waals surface area contributed by atoms with Crippen LogP contribution in [-0.2, 0) is 38.4 Å². The summed E-state index contributed by atoms with van der Waals surface area (Å²) >= 11 is 0. The van der Waals surface area contributed by atoms with Gasteiger partial charge < -0.3 is 9.67 Å². The Morgan fingerprint density at radius 1 is 1.20 bits per heavy atom. The van der Waals surface area contributed by atoms with Gasteiger partial charge in [-0.15, -0.1) is 0 Å². The monoisotopic (exact) mass is 450 g/mol. The molecule has 0 saturated heterocycles. The molecule has 2 atom stereocenters. The van der Waals surface area contributed by atoms with E-state index in [1.54, 1.807) is 16.7 Å². The quantitative estimate of drug-likeness (QED) is 0.556. The highest BCUT2D eigenvalue weighted by Gasteiger charge is 2.31. The molecule has 0 radical (unpaired) electrons. The molecule has 10 heteroatoms. The second-order valence-corrected chi connectivity index (χ2v) is 10.5. The van der Waals surface area contributed by atoms with Crippen LogP contribution in [0.3, 0.4) is 0 Å². The number of halogens is 1. The number of nitrogens with one attached hydrogen (secondary N) is 1. The van der Waals surface area contributed by atoms with Gasteiger partial charge in [-0.25, -0.2) is 12.8 Å². The second-order valence-electron chi connectivity index (χ2n) is 7.11. The molecule has 0 amide bonds. The van der Waals surface area contributed by atoms with Crippen LogP contribution in [0.4, 0.5) is 4.39 Å². The van der Waals surface area contributed by atoms with Gasteiger partial charge in [0.25, 0.3) is 0 Å². The maximum absolute atomic E-state index is 13.1. The molecule has 30 heavy (non-hydrogen) atoms. The van der Waals surface area contributed by atoms with Gasteiger partial charge in [0.15, 0.2) is 9.84 Å². The van der Waals surface area contributed by atoms with Gasteiger partial charge in [0, 0.05) is 22.7 Å². The van der Waals surface area contributed by atoms with Crippen LogP contribution < -0.4 is 5.32 Å². The van der Waals surface area contributed by atoms with Gasteiger partial charge >= 0.3 is 5.97 Å². The lowest BCUT2D eigenvalue weighted by Crippen LogP contribution is -2.42. The highest BCUT2D eigenvalue weighted by molar-refractivity contribution is 7.91. The normalized spacial score (nSPS) is 19.0. The number of carboxylic acid groups (broad SMARTS) is 1. The molecule has 1 aromatic heterocycles. The summed E-state index contributed by atoms with van der Waals surface area (Å²) in [6, 6.07) is 11.5. The van der Waals surface area contributed by atoms with Crippen molar-refractivity contribution < 1.29 is 26.9 Å². The molecule has 0 bridgehead atoms. The Kier molecular flexibility index (Phi) is 5.48. The highest BCUT2D eigenvalue weighted by Crippen LogP contribution is 2.33. The Bertz CT molecular complexity index is 1250. The van der Waals surface area contributed by atoms with Crippen molar-refractivity contribution in [3.05, 3.63) is 59.9 Å². The van der Waals surface area contributed by atoms with E-state index in [0.29, 0.717) is 17.0 Å². The third kappa shape index (κ3) is 3.90. The van der Waals surface area contributed by atoms with Gasteiger partial charge in [0.1, 0.15) is 23.3 Å². The Hall–Kier alpha value is -2.56. The van der Waals surface area contributed by atoms with E-state index in [2.05, 4.69) is 5.32 Å². The van der Waals surface area contributed by atoms with Gasteiger partial charge in [0.05, 0.1) is 15.7 Å². The smallest absolute Gasteiger partial charge is 0.323 e. The van der Waals surface area contributed by atoms with E-state index in [1.807, 2.05) is 12.1 Å². The first-order valence-electron chi connectivity index (χ1n) is 9.18. The third-order valence-electron chi connectivity index (χ3n) is 5.07. The van der Waals surface area contributed by atoms with E-state index in [4.69, 9.17) is 0 Å². The zero-order valence-electron chi connectivity index (χ0n) is 15.7. The summed E-state index contributed by atoms with van der Waals surface area (Å²) in [4.78, 5) is 11.3. The molecule has 158 valence electrons. The third-order valence-corrected chi connectivity index (χ3v) is 8.21. The summed E-state index contributed by atoms with van der Waals surface area (Å²) in [5, 5.41) is 13.5. The summed E-state index contributed by atoms with van der Waals surface area (Å²) in [5.41, 5.74) is 1.46. The van der Waals surface area contributed by atoms with Crippen LogP contribution in [0, 0.1) is 5.82 Å². The Morgan fingerprint density at radius 3 is 2.60 bits per heavy atom. The van der Waals surface area contributed by atoms with Crippen molar-refractivity contribution >= 4 is 37.5 Å². The first kappa shape index (κ1) is 20.7. The van der Waals surface area contributed by atoms with Gasteiger partial charge in [0.2, 0.25) is 0 Å². The molecule has 0 fully saturated rings. The number of sulfone groups is 1. The Balaban J connectivity index is 1.60. The van der Waals surface area contributed by atoms with E-state index >= 15 is 0 Å². The molecule has 2 N–H and O–H groups in total. The molecule has 3 aromatic rings. The number of carboxylic acids is 1. The molecule has 2 aromatic carbocycles. The number of fused-ring (bicyclic) bond motifs is 3. The van der Waals surface area contributed by atoms with Crippen molar-refractivity contribution in [3.63, 3.8) is 0 Å². The van der Waals surface area contributed by atoms with Crippen LogP contribution in [0.15, 0.2) is 58.5 Å². The van der Waals surface area contributed by atoms with E-state index in [1.165, 1.54) is 12.1 Å². The predicted molar refractivity (Wildman–Crippen MR) is 110 cm³/mol. The zero-order valence-corrected chi connectivity index (χ0v) is 17.4. The highest BCUT2D eigenvalue weighted by atomic mass is 32.2. The first-order valence-corrected chi connectivity index (χ1v) is 12.2. The molecular formula is C20H19FN2O5S2. The van der Waals surface area contributed by atoms with Crippen LogP contribution in [0.1, 0.15) is 5.56 Å². The Morgan fingerprint density at radius 2 is 1.90 bits per heavy atom. The van der Waals surface area contributed by atoms with Gasteiger partial charge in [-0.3, -0.25) is 14.3 Å². The molecular weight excluding hydrogens is 431 g/mol. The van der Waals surface area contributed by atoms with Crippen LogP contribution in [-0.4, -0.2) is 45.9 Å². The van der Waals surface area contributed by atoms with Crippen molar-refractivity contribution in [3.8, 4) is 0 Å². The molecule has 0 spiro atoms. The van der Waals surface area contributed by atoms with Crippen LogP contribution >= 0.6 is 0 Å². The van der Waals surface area contributed by atoms with E-state index in [-0.39, 0.29) is 29.1 Å². The van der Waals surface area contributed by atoms with Crippen molar-refractivity contribution in [2.75, 3.05) is 11.6 Å². The minimum Gasteiger partial charge on any atom is -0.480 e. The molecule has 1 aliphatic heterocycles. The van der Waals surface area contributed by atoms with Gasteiger partial charge in [-0.05, 0) is 42.3 Å². The summed E-state index contributed by atoms with van der Waals surface area (Å²) < 4.78 is 52.6. The van der Waals surface area contributed by atoms with Gasteiger partial charge in [-0.2, -0.15) is 0 Å². The topological polar surface area (TPSA) is 105 Å². The number of para-hydroxylation sites is 1. The van der Waals surface area contributed by atoms with E-state index < -0.39 is 32.4 Å². The molecule has 0 aliphatic carbocycles. The second kappa shape index (κ2) is 7.93. The summed E-state index contributed by atoms with van der Waals surface area (Å²) in [6.45, 7) is -0.293. The predicted octanol–water partition coefficient (Wildman–Crippen LogP) is 1.92. The van der Waals surface area contributed by atoms with Crippen molar-refractivity contribution in [1.29, 1.82) is 0 Å². The van der Waals surface area contributed by atoms with Crippen molar-refractivity contribution in [2.24, 2.45) is 0 Å². The van der Waals surface area contributed by atoms with Crippen LogP contribution in [0.5, 0.6) is 0 Å². The number of rotatable bonds is 6. The largest absolute Gasteiger partial charge is 0.480 e. The van der Waals surface area contributed by atoms with Crippen molar-refractivity contribution in [1.82, 2.24) is 9.88 Å². The standard InChI is InChI=1S/C20H19FN2O5S2/c21-13-5-7-15(8-6-13)30(27,28)12-22-14-9-17-16-3-1-2-4-18(16)23(10-19(24)25)20(17)29(26)11-14/h1-8,14,22H,9-12H2,(H,24,25)/t14-,29?/m0/s1. The molecule has 1 unspecified atom stereocenters. The Labute approximate surface area is 174 Å². The molecule has 2 heterocycles. The average Bonchev–Trinajstić information content (AvgIpc) is 3.01. The summed E-state index contributed by atoms with van der Waals surface area (Å²) in [5.74, 6) is -1.75. The minimum atomic E-state index is -3.68. The minimum absolute atomic E-state index is 0.00656. The zero-order chi connectivity index (χ0) is 21.5. The van der Waals surface area contributed by atoms with Crippen LogP contribution in [0.2, 0.25) is 0 Å². The number of hydrogen-bond acceptors (Lipinski definition) is 5. The molecule has 0 saturated carbocycles. The fourth-order valence-corrected chi connectivity index (χ4v) is 6.56. The average molecular weight is 451 g/mol. The molecule has 1 aliphatic rings.